The van der Waals surface area contributed by atoms with Crippen molar-refractivity contribution in [2.45, 2.75) is 0 Å². The van der Waals surface area contributed by atoms with E-state index in [1.54, 1.807) is 72.8 Å². The van der Waals surface area contributed by atoms with Crippen LogP contribution >= 0.6 is 0 Å². The van der Waals surface area contributed by atoms with Crippen molar-refractivity contribution >= 4 is 11.7 Å². The lowest BCUT2D eigenvalue weighted by molar-refractivity contribution is 0.100. The predicted molar refractivity (Wildman–Crippen MR) is 101 cm³/mol. The summed E-state index contributed by atoms with van der Waals surface area (Å²) in [6, 6.07) is 20.4. The summed E-state index contributed by atoms with van der Waals surface area (Å²) >= 11 is 0. The number of carbonyl (C=O) groups is 1. The second-order valence-electron chi connectivity index (χ2n) is 5.58. The van der Waals surface area contributed by atoms with Crippen molar-refractivity contribution in [3.63, 3.8) is 0 Å². The Labute approximate surface area is 155 Å². The summed E-state index contributed by atoms with van der Waals surface area (Å²) in [4.78, 5) is 11.1. The molecular formula is C20H17N3O4. The smallest absolute Gasteiger partial charge is 0.248 e. The Morgan fingerprint density at radius 1 is 0.741 bits per heavy atom. The first-order chi connectivity index (χ1) is 13.0. The molecule has 7 nitrogen and oxygen atoms in total. The summed E-state index contributed by atoms with van der Waals surface area (Å²) in [7, 11) is 0. The number of primary amides is 1. The van der Waals surface area contributed by atoms with Crippen LogP contribution in [-0.2, 0) is 0 Å². The van der Waals surface area contributed by atoms with Gasteiger partial charge in [-0.25, -0.2) is 0 Å². The molecule has 3 aromatic rings. The molecule has 0 saturated carbocycles. The Morgan fingerprint density at radius 2 is 1.22 bits per heavy atom. The molecule has 0 spiro atoms. The molecule has 0 aliphatic rings. The van der Waals surface area contributed by atoms with E-state index in [9.17, 15) is 4.79 Å². The third kappa shape index (κ3) is 4.55. The van der Waals surface area contributed by atoms with Gasteiger partial charge in [0.2, 0.25) is 5.91 Å². The van der Waals surface area contributed by atoms with E-state index in [2.05, 4.69) is 5.16 Å². The van der Waals surface area contributed by atoms with Crippen LogP contribution in [0.15, 0.2) is 78.0 Å². The van der Waals surface area contributed by atoms with Crippen molar-refractivity contribution in [2.24, 2.45) is 16.6 Å². The van der Waals surface area contributed by atoms with Crippen LogP contribution in [0.4, 0.5) is 0 Å². The van der Waals surface area contributed by atoms with Gasteiger partial charge in [0, 0.05) is 17.2 Å². The minimum Gasteiger partial charge on any atom is -0.457 e. The maximum atomic E-state index is 11.1. The number of oxime groups is 1. The quantitative estimate of drug-likeness (QED) is 0.268. The number of rotatable bonds is 6. The number of carbonyl (C=O) groups excluding carboxylic acids is 1. The summed E-state index contributed by atoms with van der Waals surface area (Å²) in [6.07, 6.45) is 0. The number of amidine groups is 1. The van der Waals surface area contributed by atoms with E-state index in [1.165, 1.54) is 0 Å². The first-order valence-electron chi connectivity index (χ1n) is 7.99. The van der Waals surface area contributed by atoms with Gasteiger partial charge in [-0.05, 0) is 60.7 Å². The highest BCUT2D eigenvalue weighted by Gasteiger charge is 2.05. The zero-order valence-electron chi connectivity index (χ0n) is 14.2. The van der Waals surface area contributed by atoms with Gasteiger partial charge in [-0.15, -0.1) is 0 Å². The van der Waals surface area contributed by atoms with Crippen LogP contribution in [-0.4, -0.2) is 17.0 Å². The van der Waals surface area contributed by atoms with Gasteiger partial charge in [-0.1, -0.05) is 11.2 Å². The average Bonchev–Trinajstić information content (AvgIpc) is 2.68. The Kier molecular flexibility index (Phi) is 5.22. The van der Waals surface area contributed by atoms with Gasteiger partial charge in [-0.3, -0.25) is 4.79 Å². The average molecular weight is 363 g/mol. The van der Waals surface area contributed by atoms with E-state index in [-0.39, 0.29) is 5.84 Å². The van der Waals surface area contributed by atoms with Crippen molar-refractivity contribution < 1.29 is 19.5 Å². The molecule has 0 aliphatic carbocycles. The van der Waals surface area contributed by atoms with E-state index < -0.39 is 5.91 Å². The van der Waals surface area contributed by atoms with Crippen molar-refractivity contribution in [2.75, 3.05) is 0 Å². The number of benzene rings is 3. The zero-order chi connectivity index (χ0) is 19.2. The molecule has 0 aliphatic heterocycles. The zero-order valence-corrected chi connectivity index (χ0v) is 14.2. The number of nitrogens with two attached hydrogens (primary N) is 2. The highest BCUT2D eigenvalue weighted by molar-refractivity contribution is 5.97. The molecule has 0 fully saturated rings. The fourth-order valence-electron chi connectivity index (χ4n) is 2.31. The molecule has 3 aromatic carbocycles. The number of amides is 1. The molecule has 3 rings (SSSR count). The number of nitrogens with zero attached hydrogens (tertiary/aromatic N) is 1. The maximum absolute atomic E-state index is 11.1. The topological polar surface area (TPSA) is 120 Å². The van der Waals surface area contributed by atoms with Crippen LogP contribution in [0.5, 0.6) is 23.0 Å². The summed E-state index contributed by atoms with van der Waals surface area (Å²) < 4.78 is 11.6. The number of hydrogen-bond donors (Lipinski definition) is 3. The Hall–Kier alpha value is -4.00. The standard InChI is InChI=1S/C20H17N3O4/c21-19(23-25)13-4-8-15(9-5-13)26-17-2-1-3-18(12-17)27-16-10-6-14(7-11-16)20(22)24/h1-12,25H,(H2,21,23)(H2,22,24). The van der Waals surface area contributed by atoms with Gasteiger partial charge >= 0.3 is 0 Å². The van der Waals surface area contributed by atoms with E-state index in [0.717, 1.165) is 0 Å². The molecule has 0 aromatic heterocycles. The van der Waals surface area contributed by atoms with E-state index in [1.807, 2.05) is 0 Å². The molecule has 0 unspecified atom stereocenters. The van der Waals surface area contributed by atoms with Crippen molar-refractivity contribution in [1.82, 2.24) is 0 Å². The molecule has 0 atom stereocenters. The van der Waals surface area contributed by atoms with Crippen LogP contribution in [0.25, 0.3) is 0 Å². The predicted octanol–water partition coefficient (Wildman–Crippen LogP) is 3.46. The first kappa shape index (κ1) is 17.8. The van der Waals surface area contributed by atoms with Gasteiger partial charge < -0.3 is 26.1 Å². The minimum atomic E-state index is -0.491. The van der Waals surface area contributed by atoms with Crippen LogP contribution in [0.1, 0.15) is 15.9 Å². The van der Waals surface area contributed by atoms with Crippen LogP contribution in [0.2, 0.25) is 0 Å². The second kappa shape index (κ2) is 7.92. The van der Waals surface area contributed by atoms with Crippen molar-refractivity contribution in [3.8, 4) is 23.0 Å². The van der Waals surface area contributed by atoms with Crippen LogP contribution in [0, 0.1) is 0 Å². The maximum Gasteiger partial charge on any atom is 0.248 e. The highest BCUT2D eigenvalue weighted by atomic mass is 16.5. The Morgan fingerprint density at radius 3 is 1.67 bits per heavy atom. The summed E-state index contributed by atoms with van der Waals surface area (Å²) in [6.45, 7) is 0. The molecule has 27 heavy (non-hydrogen) atoms. The largest absolute Gasteiger partial charge is 0.457 e. The number of hydrogen-bond acceptors (Lipinski definition) is 5. The molecule has 0 heterocycles. The van der Waals surface area contributed by atoms with Gasteiger partial charge in [0.1, 0.15) is 23.0 Å². The normalized spacial score (nSPS) is 11.0. The number of ether oxygens (including phenoxy) is 2. The highest BCUT2D eigenvalue weighted by Crippen LogP contribution is 2.28. The molecule has 7 heteroatoms. The molecule has 0 radical (unpaired) electrons. The van der Waals surface area contributed by atoms with Gasteiger partial charge in [0.05, 0.1) is 0 Å². The lowest BCUT2D eigenvalue weighted by Crippen LogP contribution is -2.12. The summed E-state index contributed by atoms with van der Waals surface area (Å²) in [5.74, 6) is 1.85. The molecule has 5 N–H and O–H groups in total. The SMILES string of the molecule is NC(=O)c1ccc(Oc2cccc(Oc3ccc(/C(N)=N/O)cc3)c2)cc1. The molecule has 136 valence electrons. The lowest BCUT2D eigenvalue weighted by Gasteiger charge is -2.10. The Balaban J connectivity index is 1.70. The fourth-order valence-corrected chi connectivity index (χ4v) is 2.31. The van der Waals surface area contributed by atoms with Gasteiger partial charge in [0.25, 0.3) is 0 Å². The third-order valence-corrected chi connectivity index (χ3v) is 3.67. The van der Waals surface area contributed by atoms with Crippen LogP contribution in [0.3, 0.4) is 0 Å². The molecule has 0 bridgehead atoms. The molecule has 1 amide bonds. The minimum absolute atomic E-state index is 0.0271. The van der Waals surface area contributed by atoms with Crippen LogP contribution < -0.4 is 20.9 Å². The Bertz CT molecular complexity index is 967. The second-order valence-corrected chi connectivity index (χ2v) is 5.58. The van der Waals surface area contributed by atoms with Crippen molar-refractivity contribution in [1.29, 1.82) is 0 Å². The summed E-state index contributed by atoms with van der Waals surface area (Å²) in [5, 5.41) is 11.6. The van der Waals surface area contributed by atoms with E-state index in [0.29, 0.717) is 34.1 Å². The third-order valence-electron chi connectivity index (χ3n) is 3.67. The van der Waals surface area contributed by atoms with Gasteiger partial charge in [0.15, 0.2) is 5.84 Å². The summed E-state index contributed by atoms with van der Waals surface area (Å²) in [5.41, 5.74) is 11.8. The monoisotopic (exact) mass is 363 g/mol. The lowest BCUT2D eigenvalue weighted by atomic mass is 10.2. The van der Waals surface area contributed by atoms with E-state index >= 15 is 0 Å². The fraction of sp³-hybridized carbons (Fsp3) is 0. The van der Waals surface area contributed by atoms with E-state index in [4.69, 9.17) is 26.1 Å². The van der Waals surface area contributed by atoms with Crippen molar-refractivity contribution in [3.05, 3.63) is 83.9 Å². The first-order valence-corrected chi connectivity index (χ1v) is 7.99. The molecular weight excluding hydrogens is 346 g/mol. The van der Waals surface area contributed by atoms with Gasteiger partial charge in [-0.2, -0.15) is 0 Å². The molecule has 0 saturated heterocycles.